The maximum Gasteiger partial charge on any atom is 0.166 e. The first-order valence-corrected chi connectivity index (χ1v) is 4.93. The summed E-state index contributed by atoms with van der Waals surface area (Å²) in [4.78, 5) is 2.13. The van der Waals surface area contributed by atoms with Crippen molar-refractivity contribution in [2.75, 3.05) is 19.6 Å². The number of hydrogen-bond donors (Lipinski definition) is 2. The predicted molar refractivity (Wildman–Crippen MR) is 55.1 cm³/mol. The van der Waals surface area contributed by atoms with Crippen molar-refractivity contribution in [2.45, 2.75) is 25.8 Å². The lowest BCUT2D eigenvalue weighted by Crippen LogP contribution is -2.55. The van der Waals surface area contributed by atoms with Gasteiger partial charge in [-0.3, -0.25) is 0 Å². The predicted octanol–water partition coefficient (Wildman–Crippen LogP) is 0.304. The molecule has 0 aromatic carbocycles. The lowest BCUT2D eigenvalue weighted by molar-refractivity contribution is 0.246. The van der Waals surface area contributed by atoms with E-state index in [1.165, 1.54) is 12.8 Å². The lowest BCUT2D eigenvalue weighted by atomic mass is 10.1. The Kier molecular flexibility index (Phi) is 3.75. The van der Waals surface area contributed by atoms with Crippen LogP contribution in [0.15, 0.2) is 0 Å². The minimum absolute atomic E-state index is 0.515. The van der Waals surface area contributed by atoms with Gasteiger partial charge in [-0.2, -0.15) is 0 Å². The second kappa shape index (κ2) is 4.62. The van der Waals surface area contributed by atoms with Crippen molar-refractivity contribution in [3.8, 4) is 0 Å². The summed E-state index contributed by atoms with van der Waals surface area (Å²) in [6.45, 7) is 5.16. The van der Waals surface area contributed by atoms with Crippen LogP contribution >= 0.6 is 12.2 Å². The summed E-state index contributed by atoms with van der Waals surface area (Å²) in [5.41, 5.74) is 5.62. The Morgan fingerprint density at radius 3 is 3.08 bits per heavy atom. The van der Waals surface area contributed by atoms with E-state index in [1.54, 1.807) is 0 Å². The van der Waals surface area contributed by atoms with Crippen molar-refractivity contribution in [1.29, 1.82) is 0 Å². The van der Waals surface area contributed by atoms with Crippen LogP contribution in [0.5, 0.6) is 0 Å². The average molecular weight is 187 g/mol. The first-order valence-electron chi connectivity index (χ1n) is 4.52. The largest absolute Gasteiger partial charge is 0.376 e. The van der Waals surface area contributed by atoms with Crippen LogP contribution in [0.25, 0.3) is 0 Å². The second-order valence-electron chi connectivity index (χ2n) is 3.18. The quantitative estimate of drug-likeness (QED) is 0.610. The number of rotatable bonds is 2. The highest BCUT2D eigenvalue weighted by atomic mass is 32.1. The zero-order chi connectivity index (χ0) is 8.97. The number of nitrogens with zero attached hydrogens (tertiary/aromatic N) is 1. The highest BCUT2D eigenvalue weighted by molar-refractivity contribution is 7.80. The Balaban J connectivity index is 2.48. The van der Waals surface area contributed by atoms with Gasteiger partial charge in [-0.25, -0.2) is 0 Å². The van der Waals surface area contributed by atoms with Crippen LogP contribution in [0, 0.1) is 0 Å². The van der Waals surface area contributed by atoms with E-state index in [1.807, 2.05) is 0 Å². The van der Waals surface area contributed by atoms with Crippen molar-refractivity contribution >= 4 is 17.3 Å². The van der Waals surface area contributed by atoms with Crippen LogP contribution in [-0.2, 0) is 0 Å². The number of thiocarbonyl (C=S) groups is 1. The summed E-state index contributed by atoms with van der Waals surface area (Å²) in [6.07, 6.45) is 2.36. The van der Waals surface area contributed by atoms with Crippen LogP contribution in [0.2, 0.25) is 0 Å². The molecule has 1 atom stereocenters. The number of nitrogens with one attached hydrogen (secondary N) is 1. The molecule has 70 valence electrons. The first-order chi connectivity index (χ1) is 5.75. The molecular weight excluding hydrogens is 170 g/mol. The van der Waals surface area contributed by atoms with Gasteiger partial charge in [0.1, 0.15) is 0 Å². The van der Waals surface area contributed by atoms with E-state index in [9.17, 15) is 0 Å². The summed E-state index contributed by atoms with van der Waals surface area (Å²) in [5, 5.41) is 3.90. The topological polar surface area (TPSA) is 41.3 Å². The van der Waals surface area contributed by atoms with E-state index in [-0.39, 0.29) is 0 Å². The Bertz CT molecular complexity index is 158. The summed E-state index contributed by atoms with van der Waals surface area (Å²) in [6, 6.07) is 0.515. The minimum atomic E-state index is 0.515. The molecule has 3 nitrogen and oxygen atoms in total. The third-order valence-electron chi connectivity index (χ3n) is 2.26. The van der Waals surface area contributed by atoms with E-state index in [0.29, 0.717) is 11.2 Å². The number of hydrogen-bond acceptors (Lipinski definition) is 2. The molecule has 0 saturated carbocycles. The van der Waals surface area contributed by atoms with Crippen LogP contribution in [0.1, 0.15) is 19.8 Å². The number of piperazine rings is 1. The van der Waals surface area contributed by atoms with Crippen molar-refractivity contribution in [2.24, 2.45) is 5.73 Å². The normalized spacial score (nSPS) is 24.1. The van der Waals surface area contributed by atoms with Crippen LogP contribution in [0.4, 0.5) is 0 Å². The molecule has 1 rings (SSSR count). The molecule has 1 aliphatic heterocycles. The Hall–Kier alpha value is -0.350. The van der Waals surface area contributed by atoms with Crippen LogP contribution in [-0.4, -0.2) is 35.7 Å². The Labute approximate surface area is 79.3 Å². The Morgan fingerprint density at radius 1 is 1.75 bits per heavy atom. The van der Waals surface area contributed by atoms with Gasteiger partial charge in [-0.05, 0) is 18.6 Å². The fourth-order valence-corrected chi connectivity index (χ4v) is 1.88. The van der Waals surface area contributed by atoms with Crippen LogP contribution in [0.3, 0.4) is 0 Å². The summed E-state index contributed by atoms with van der Waals surface area (Å²) in [5.74, 6) is 0. The third-order valence-corrected chi connectivity index (χ3v) is 2.49. The summed E-state index contributed by atoms with van der Waals surface area (Å²) in [7, 11) is 0. The maximum absolute atomic E-state index is 5.62. The molecule has 1 saturated heterocycles. The molecular formula is C8H17N3S. The molecule has 0 spiro atoms. The molecule has 0 bridgehead atoms. The highest BCUT2D eigenvalue weighted by Crippen LogP contribution is 2.08. The van der Waals surface area contributed by atoms with E-state index in [0.717, 1.165) is 19.6 Å². The summed E-state index contributed by atoms with van der Waals surface area (Å²) < 4.78 is 0. The molecule has 1 unspecified atom stereocenters. The first kappa shape index (κ1) is 9.74. The van der Waals surface area contributed by atoms with Gasteiger partial charge in [0.05, 0.1) is 0 Å². The Morgan fingerprint density at radius 2 is 2.50 bits per heavy atom. The van der Waals surface area contributed by atoms with Crippen molar-refractivity contribution in [1.82, 2.24) is 10.2 Å². The molecule has 0 aliphatic carbocycles. The molecule has 1 aliphatic rings. The highest BCUT2D eigenvalue weighted by Gasteiger charge is 2.21. The van der Waals surface area contributed by atoms with E-state index >= 15 is 0 Å². The van der Waals surface area contributed by atoms with Gasteiger partial charge in [0, 0.05) is 25.7 Å². The molecule has 0 radical (unpaired) electrons. The van der Waals surface area contributed by atoms with Crippen molar-refractivity contribution in [3.05, 3.63) is 0 Å². The molecule has 4 heteroatoms. The van der Waals surface area contributed by atoms with E-state index < -0.39 is 0 Å². The zero-order valence-electron chi connectivity index (χ0n) is 7.55. The summed E-state index contributed by atoms with van der Waals surface area (Å²) >= 11 is 4.98. The van der Waals surface area contributed by atoms with Gasteiger partial charge in [-0.1, -0.05) is 13.3 Å². The van der Waals surface area contributed by atoms with Crippen molar-refractivity contribution < 1.29 is 0 Å². The van der Waals surface area contributed by atoms with Crippen molar-refractivity contribution in [3.63, 3.8) is 0 Å². The van der Waals surface area contributed by atoms with Gasteiger partial charge in [0.25, 0.3) is 0 Å². The maximum atomic E-state index is 5.62. The van der Waals surface area contributed by atoms with Gasteiger partial charge in [0.2, 0.25) is 0 Å². The average Bonchev–Trinajstić information content (AvgIpc) is 2.05. The zero-order valence-corrected chi connectivity index (χ0v) is 8.36. The molecule has 3 N–H and O–H groups in total. The molecule has 1 fully saturated rings. The smallest absolute Gasteiger partial charge is 0.166 e. The fourth-order valence-electron chi connectivity index (χ4n) is 1.64. The van der Waals surface area contributed by atoms with E-state index in [2.05, 4.69) is 17.1 Å². The SMILES string of the molecule is CCCC1CNCCN1C(N)=S. The minimum Gasteiger partial charge on any atom is -0.376 e. The van der Waals surface area contributed by atoms with Gasteiger partial charge < -0.3 is 16.0 Å². The monoisotopic (exact) mass is 187 g/mol. The standard InChI is InChI=1S/C8H17N3S/c1-2-3-7-6-10-4-5-11(7)8(9)12/h7,10H,2-6H2,1H3,(H2,9,12). The second-order valence-corrected chi connectivity index (χ2v) is 3.60. The van der Waals surface area contributed by atoms with Gasteiger partial charge >= 0.3 is 0 Å². The molecule has 0 aromatic rings. The van der Waals surface area contributed by atoms with Gasteiger partial charge in [0.15, 0.2) is 5.11 Å². The lowest BCUT2D eigenvalue weighted by Gasteiger charge is -2.36. The molecule has 0 aromatic heterocycles. The molecule has 1 heterocycles. The third kappa shape index (κ3) is 2.32. The van der Waals surface area contributed by atoms with Gasteiger partial charge in [-0.15, -0.1) is 0 Å². The fraction of sp³-hybridized carbons (Fsp3) is 0.875. The van der Waals surface area contributed by atoms with E-state index in [4.69, 9.17) is 18.0 Å². The molecule has 12 heavy (non-hydrogen) atoms. The van der Waals surface area contributed by atoms with Crippen LogP contribution < -0.4 is 11.1 Å². The molecule has 0 amide bonds. The number of nitrogens with two attached hydrogens (primary N) is 1.